The molecule has 12 heteroatoms. The highest BCUT2D eigenvalue weighted by Gasteiger charge is 2.59. The molecule has 2 spiro atoms. The molecule has 34 heavy (non-hydrogen) atoms. The lowest BCUT2D eigenvalue weighted by Gasteiger charge is -2.42. The Labute approximate surface area is 192 Å². The van der Waals surface area contributed by atoms with E-state index in [1.807, 2.05) is 0 Å². The molecule has 2 aromatic carbocycles. The molecule has 0 aromatic heterocycles. The second-order valence-corrected chi connectivity index (χ2v) is 8.78. The number of methoxy groups -OCH3 is 2. The molecule has 2 amide bonds. The smallest absolute Gasteiger partial charge is 0.273 e. The van der Waals surface area contributed by atoms with Crippen LogP contribution in [0, 0.1) is 20.2 Å². The first-order valence-electron chi connectivity index (χ1n) is 10.5. The van der Waals surface area contributed by atoms with E-state index in [1.165, 1.54) is 38.5 Å². The number of amides is 2. The first kappa shape index (κ1) is 21.6. The number of hydrogen-bond acceptors (Lipinski definition) is 8. The van der Waals surface area contributed by atoms with Gasteiger partial charge in [0.15, 0.2) is 0 Å². The lowest BCUT2D eigenvalue weighted by Crippen LogP contribution is -2.75. The summed E-state index contributed by atoms with van der Waals surface area (Å²) in [7, 11) is 2.86. The van der Waals surface area contributed by atoms with Crippen molar-refractivity contribution < 1.29 is 28.9 Å². The molecule has 1 saturated heterocycles. The van der Waals surface area contributed by atoms with Crippen LogP contribution in [0.3, 0.4) is 0 Å². The molecule has 2 aromatic rings. The number of benzene rings is 2. The SMILES string of the molecule is COc1ccc([N+](=O)[O-])c2c1C[C@]1(C2)NC(=O)[C@]2(Cc3c(OC)ccc([N+](=O)[O-])c3C2)NC1=O. The van der Waals surface area contributed by atoms with E-state index in [2.05, 4.69) is 10.6 Å². The normalized spacial score (nSPS) is 24.4. The molecule has 0 radical (unpaired) electrons. The van der Waals surface area contributed by atoms with E-state index in [0.29, 0.717) is 33.8 Å². The Balaban J connectivity index is 1.51. The van der Waals surface area contributed by atoms with Crippen LogP contribution in [0.2, 0.25) is 0 Å². The van der Waals surface area contributed by atoms with Crippen molar-refractivity contribution in [3.8, 4) is 11.5 Å². The number of fused-ring (bicyclic) bond motifs is 2. The van der Waals surface area contributed by atoms with E-state index >= 15 is 0 Å². The van der Waals surface area contributed by atoms with E-state index in [-0.39, 0.29) is 37.1 Å². The summed E-state index contributed by atoms with van der Waals surface area (Å²) in [6, 6.07) is 5.58. The van der Waals surface area contributed by atoms with Crippen LogP contribution in [-0.4, -0.2) is 47.0 Å². The largest absolute Gasteiger partial charge is 0.496 e. The average Bonchev–Trinajstić information content (AvgIpc) is 3.36. The summed E-state index contributed by atoms with van der Waals surface area (Å²) >= 11 is 0. The summed E-state index contributed by atoms with van der Waals surface area (Å²) in [6.45, 7) is 0. The van der Waals surface area contributed by atoms with Crippen molar-refractivity contribution >= 4 is 23.2 Å². The number of carbonyl (C=O) groups is 2. The van der Waals surface area contributed by atoms with Gasteiger partial charge >= 0.3 is 0 Å². The minimum absolute atomic E-state index is 0.0251. The Kier molecular flexibility index (Phi) is 4.54. The molecule has 0 unspecified atom stereocenters. The van der Waals surface area contributed by atoms with Gasteiger partial charge in [-0.1, -0.05) is 0 Å². The maximum atomic E-state index is 13.5. The van der Waals surface area contributed by atoms with Gasteiger partial charge in [0.1, 0.15) is 22.6 Å². The van der Waals surface area contributed by atoms with Crippen molar-refractivity contribution in [1.29, 1.82) is 0 Å². The Bertz CT molecular complexity index is 1210. The minimum atomic E-state index is -1.42. The molecule has 5 rings (SSSR count). The van der Waals surface area contributed by atoms with Gasteiger partial charge < -0.3 is 20.1 Å². The fourth-order valence-corrected chi connectivity index (χ4v) is 5.44. The van der Waals surface area contributed by atoms with E-state index in [1.54, 1.807) is 0 Å². The maximum absolute atomic E-state index is 13.5. The molecular formula is C22H20N4O8. The molecule has 2 aliphatic carbocycles. The Morgan fingerprint density at radius 1 is 0.706 bits per heavy atom. The number of ether oxygens (including phenoxy) is 2. The highest BCUT2D eigenvalue weighted by Crippen LogP contribution is 2.46. The lowest BCUT2D eigenvalue weighted by atomic mass is 9.83. The van der Waals surface area contributed by atoms with E-state index in [4.69, 9.17) is 9.47 Å². The van der Waals surface area contributed by atoms with E-state index in [0.717, 1.165) is 0 Å². The summed E-state index contributed by atoms with van der Waals surface area (Å²) in [5, 5.41) is 28.8. The van der Waals surface area contributed by atoms with Crippen molar-refractivity contribution in [2.24, 2.45) is 0 Å². The highest BCUT2D eigenvalue weighted by atomic mass is 16.6. The van der Waals surface area contributed by atoms with E-state index < -0.39 is 32.7 Å². The van der Waals surface area contributed by atoms with Crippen molar-refractivity contribution in [2.45, 2.75) is 36.8 Å². The number of carbonyl (C=O) groups excluding carboxylic acids is 2. The monoisotopic (exact) mass is 468 g/mol. The summed E-state index contributed by atoms with van der Waals surface area (Å²) in [6.07, 6.45) is -0.0889. The van der Waals surface area contributed by atoms with Gasteiger partial charge in [0.05, 0.1) is 24.1 Å². The predicted molar refractivity (Wildman–Crippen MR) is 116 cm³/mol. The van der Waals surface area contributed by atoms with Gasteiger partial charge in [-0.3, -0.25) is 29.8 Å². The van der Waals surface area contributed by atoms with Gasteiger partial charge in [0.2, 0.25) is 11.8 Å². The van der Waals surface area contributed by atoms with Crippen LogP contribution in [-0.2, 0) is 35.3 Å². The number of nitrogens with zero attached hydrogens (tertiary/aromatic N) is 2. The second-order valence-electron chi connectivity index (χ2n) is 8.78. The van der Waals surface area contributed by atoms with Crippen LogP contribution in [0.4, 0.5) is 11.4 Å². The number of nitro benzene ring substituents is 2. The van der Waals surface area contributed by atoms with Crippen LogP contribution < -0.4 is 20.1 Å². The Morgan fingerprint density at radius 3 is 1.38 bits per heavy atom. The maximum Gasteiger partial charge on any atom is 0.273 e. The van der Waals surface area contributed by atoms with Crippen molar-refractivity contribution in [1.82, 2.24) is 10.6 Å². The topological polar surface area (TPSA) is 163 Å². The third-order valence-electron chi connectivity index (χ3n) is 7.05. The molecule has 1 fully saturated rings. The third kappa shape index (κ3) is 2.84. The molecule has 1 aliphatic heterocycles. The summed E-state index contributed by atoms with van der Waals surface area (Å²) in [5.74, 6) is -0.218. The number of piperazine rings is 1. The van der Waals surface area contributed by atoms with Crippen molar-refractivity contribution in [3.05, 3.63) is 66.7 Å². The summed E-state index contributed by atoms with van der Waals surface area (Å²) in [5.41, 5.74) is -1.48. The average molecular weight is 468 g/mol. The van der Waals surface area contributed by atoms with E-state index in [9.17, 15) is 29.8 Å². The molecule has 2 atom stereocenters. The number of nitrogens with one attached hydrogen (secondary N) is 2. The first-order valence-corrected chi connectivity index (χ1v) is 10.5. The second kappa shape index (κ2) is 7.14. The molecule has 3 aliphatic rings. The molecule has 176 valence electrons. The standard InChI is InChI=1S/C22H20N4O8/c1-33-17-5-3-15(25(29)30)11-7-21(9-13(11)17)19(27)24-22(20(28)23-21)8-12-14(10-22)18(34-2)6-4-16(12)26(31)32/h3-6H,7-10H2,1-2H3,(H,23,28)(H,24,27)/t21-,22-/m0/s1. The van der Waals surface area contributed by atoms with Crippen LogP contribution in [0.5, 0.6) is 11.5 Å². The quantitative estimate of drug-likeness (QED) is 0.498. The van der Waals surface area contributed by atoms with Crippen molar-refractivity contribution in [2.75, 3.05) is 14.2 Å². The number of hydrogen-bond donors (Lipinski definition) is 2. The molecule has 1 heterocycles. The van der Waals surface area contributed by atoms with Gasteiger partial charge in [0, 0.05) is 60.1 Å². The molecule has 0 bridgehead atoms. The molecule has 2 N–H and O–H groups in total. The Morgan fingerprint density at radius 2 is 1.06 bits per heavy atom. The summed E-state index contributed by atoms with van der Waals surface area (Å²) in [4.78, 5) is 49.1. The Hall–Kier alpha value is -4.22. The van der Waals surface area contributed by atoms with Crippen LogP contribution in [0.15, 0.2) is 24.3 Å². The number of rotatable bonds is 4. The third-order valence-corrected chi connectivity index (χ3v) is 7.05. The van der Waals surface area contributed by atoms with Gasteiger partial charge in [-0.05, 0) is 12.1 Å². The highest BCUT2D eigenvalue weighted by molar-refractivity contribution is 6.04. The van der Waals surface area contributed by atoms with Crippen LogP contribution in [0.25, 0.3) is 0 Å². The fraction of sp³-hybridized carbons (Fsp3) is 0.364. The van der Waals surface area contributed by atoms with Crippen molar-refractivity contribution in [3.63, 3.8) is 0 Å². The zero-order chi connectivity index (χ0) is 24.4. The van der Waals surface area contributed by atoms with Gasteiger partial charge in [-0.25, -0.2) is 0 Å². The predicted octanol–water partition coefficient (Wildman–Crippen LogP) is 1.14. The zero-order valence-corrected chi connectivity index (χ0v) is 18.3. The number of nitro groups is 2. The van der Waals surface area contributed by atoms with Gasteiger partial charge in [0.25, 0.3) is 11.4 Å². The van der Waals surface area contributed by atoms with Crippen LogP contribution >= 0.6 is 0 Å². The molecule has 12 nitrogen and oxygen atoms in total. The fourth-order valence-electron chi connectivity index (χ4n) is 5.44. The lowest BCUT2D eigenvalue weighted by molar-refractivity contribution is -0.385. The first-order chi connectivity index (χ1) is 16.1. The zero-order valence-electron chi connectivity index (χ0n) is 18.3. The molecular weight excluding hydrogens is 448 g/mol. The summed E-state index contributed by atoms with van der Waals surface area (Å²) < 4.78 is 10.7. The van der Waals surface area contributed by atoms with Gasteiger partial charge in [-0.2, -0.15) is 0 Å². The van der Waals surface area contributed by atoms with Crippen LogP contribution in [0.1, 0.15) is 22.3 Å². The molecule has 0 saturated carbocycles. The minimum Gasteiger partial charge on any atom is -0.496 e. The van der Waals surface area contributed by atoms with Gasteiger partial charge in [-0.15, -0.1) is 0 Å².